The molecule has 1 aliphatic heterocycles. The van der Waals surface area contributed by atoms with Gasteiger partial charge in [-0.3, -0.25) is 4.79 Å². The van der Waals surface area contributed by atoms with Gasteiger partial charge in [-0.2, -0.15) is 0 Å². The van der Waals surface area contributed by atoms with Crippen LogP contribution in [-0.2, 0) is 4.79 Å². The van der Waals surface area contributed by atoms with Gasteiger partial charge in [0.25, 0.3) is 0 Å². The Morgan fingerprint density at radius 3 is 2.50 bits per heavy atom. The lowest BCUT2D eigenvalue weighted by atomic mass is 10.1. The molecule has 4 nitrogen and oxygen atoms in total. The lowest BCUT2D eigenvalue weighted by Gasteiger charge is -2.22. The van der Waals surface area contributed by atoms with Crippen molar-refractivity contribution in [2.24, 2.45) is 5.92 Å². The number of carbonyl (C=O) groups excluding carboxylic acids is 1. The van der Waals surface area contributed by atoms with E-state index in [4.69, 9.17) is 0 Å². The predicted octanol–water partition coefficient (Wildman–Crippen LogP) is 0.442. The molecule has 94 valence electrons. The van der Waals surface area contributed by atoms with Crippen LogP contribution in [0.1, 0.15) is 26.7 Å². The minimum absolute atomic E-state index is 0.0633. The quantitative estimate of drug-likeness (QED) is 0.692. The Kier molecular flexibility index (Phi) is 5.77. The SMILES string of the molecule is CNC(=O)C(C)NCC(C)CN1CCCC1. The van der Waals surface area contributed by atoms with Gasteiger partial charge in [0.15, 0.2) is 0 Å². The van der Waals surface area contributed by atoms with Crippen molar-refractivity contribution >= 4 is 5.91 Å². The van der Waals surface area contributed by atoms with Crippen molar-refractivity contribution in [2.45, 2.75) is 32.7 Å². The summed E-state index contributed by atoms with van der Waals surface area (Å²) in [5, 5.41) is 5.92. The first-order chi connectivity index (χ1) is 7.63. The molecule has 1 rings (SSSR count). The Hall–Kier alpha value is -0.610. The summed E-state index contributed by atoms with van der Waals surface area (Å²) in [7, 11) is 1.67. The van der Waals surface area contributed by atoms with E-state index >= 15 is 0 Å². The lowest BCUT2D eigenvalue weighted by Crippen LogP contribution is -2.43. The van der Waals surface area contributed by atoms with Crippen LogP contribution in [0.5, 0.6) is 0 Å². The van der Waals surface area contributed by atoms with E-state index in [2.05, 4.69) is 22.5 Å². The van der Waals surface area contributed by atoms with Crippen molar-refractivity contribution in [1.29, 1.82) is 0 Å². The average Bonchev–Trinajstić information content (AvgIpc) is 2.77. The number of likely N-dealkylation sites (tertiary alicyclic amines) is 1. The number of rotatable bonds is 6. The maximum absolute atomic E-state index is 11.3. The van der Waals surface area contributed by atoms with Gasteiger partial charge in [0, 0.05) is 13.6 Å². The molecule has 0 aliphatic carbocycles. The molecule has 16 heavy (non-hydrogen) atoms. The van der Waals surface area contributed by atoms with Crippen LogP contribution in [0.3, 0.4) is 0 Å². The maximum atomic E-state index is 11.3. The van der Waals surface area contributed by atoms with E-state index < -0.39 is 0 Å². The summed E-state index contributed by atoms with van der Waals surface area (Å²) in [6.07, 6.45) is 2.68. The monoisotopic (exact) mass is 227 g/mol. The van der Waals surface area contributed by atoms with Crippen molar-refractivity contribution < 1.29 is 4.79 Å². The standard InChI is InChI=1S/C12H25N3O/c1-10(9-15-6-4-5-7-15)8-14-11(2)12(16)13-3/h10-11,14H,4-9H2,1-3H3,(H,13,16). The van der Waals surface area contributed by atoms with Crippen LogP contribution in [0.4, 0.5) is 0 Å². The second-order valence-electron chi connectivity index (χ2n) is 4.86. The summed E-state index contributed by atoms with van der Waals surface area (Å²) < 4.78 is 0. The van der Waals surface area contributed by atoms with E-state index in [9.17, 15) is 4.79 Å². The molecule has 2 N–H and O–H groups in total. The number of hydrogen-bond acceptors (Lipinski definition) is 3. The van der Waals surface area contributed by atoms with Crippen molar-refractivity contribution in [2.75, 3.05) is 33.2 Å². The molecule has 0 spiro atoms. The minimum Gasteiger partial charge on any atom is -0.358 e. The molecule has 1 saturated heterocycles. The molecule has 0 bridgehead atoms. The first-order valence-electron chi connectivity index (χ1n) is 6.30. The molecule has 2 unspecified atom stereocenters. The Morgan fingerprint density at radius 2 is 1.94 bits per heavy atom. The number of hydrogen-bond donors (Lipinski definition) is 2. The fourth-order valence-corrected chi connectivity index (χ4v) is 2.16. The zero-order valence-corrected chi connectivity index (χ0v) is 10.8. The third kappa shape index (κ3) is 4.49. The molecular weight excluding hydrogens is 202 g/mol. The van der Waals surface area contributed by atoms with Gasteiger partial charge in [-0.15, -0.1) is 0 Å². The second kappa shape index (κ2) is 6.86. The molecule has 1 fully saturated rings. The van der Waals surface area contributed by atoms with Gasteiger partial charge < -0.3 is 15.5 Å². The molecule has 0 aromatic carbocycles. The van der Waals surface area contributed by atoms with E-state index in [-0.39, 0.29) is 11.9 Å². The first-order valence-corrected chi connectivity index (χ1v) is 6.30. The Morgan fingerprint density at radius 1 is 1.31 bits per heavy atom. The highest BCUT2D eigenvalue weighted by Crippen LogP contribution is 2.09. The first kappa shape index (κ1) is 13.5. The van der Waals surface area contributed by atoms with Gasteiger partial charge in [0.2, 0.25) is 5.91 Å². The average molecular weight is 227 g/mol. The zero-order valence-electron chi connectivity index (χ0n) is 10.8. The van der Waals surface area contributed by atoms with Gasteiger partial charge in [-0.25, -0.2) is 0 Å². The minimum atomic E-state index is -0.0916. The lowest BCUT2D eigenvalue weighted by molar-refractivity contribution is -0.122. The van der Waals surface area contributed by atoms with Crippen LogP contribution in [0.15, 0.2) is 0 Å². The fourth-order valence-electron chi connectivity index (χ4n) is 2.16. The van der Waals surface area contributed by atoms with Crippen LogP contribution < -0.4 is 10.6 Å². The summed E-state index contributed by atoms with van der Waals surface area (Å²) in [4.78, 5) is 13.8. The summed E-state index contributed by atoms with van der Waals surface area (Å²) in [5.41, 5.74) is 0. The number of nitrogens with zero attached hydrogens (tertiary/aromatic N) is 1. The second-order valence-corrected chi connectivity index (χ2v) is 4.86. The molecule has 1 amide bonds. The third-order valence-electron chi connectivity index (χ3n) is 3.18. The molecule has 0 aromatic rings. The zero-order chi connectivity index (χ0) is 12.0. The van der Waals surface area contributed by atoms with Gasteiger partial charge >= 0.3 is 0 Å². The van der Waals surface area contributed by atoms with E-state index in [0.717, 1.165) is 13.1 Å². The van der Waals surface area contributed by atoms with Gasteiger partial charge in [-0.1, -0.05) is 6.92 Å². The fraction of sp³-hybridized carbons (Fsp3) is 0.917. The van der Waals surface area contributed by atoms with Crippen molar-refractivity contribution in [3.8, 4) is 0 Å². The molecule has 1 aliphatic rings. The van der Waals surface area contributed by atoms with E-state index in [1.807, 2.05) is 6.92 Å². The highest BCUT2D eigenvalue weighted by molar-refractivity contribution is 5.80. The smallest absolute Gasteiger partial charge is 0.236 e. The van der Waals surface area contributed by atoms with E-state index in [1.165, 1.54) is 25.9 Å². The van der Waals surface area contributed by atoms with Crippen LogP contribution in [0, 0.1) is 5.92 Å². The van der Waals surface area contributed by atoms with Gasteiger partial charge in [0.05, 0.1) is 6.04 Å². The summed E-state index contributed by atoms with van der Waals surface area (Å²) in [6, 6.07) is -0.0916. The van der Waals surface area contributed by atoms with Gasteiger partial charge in [0.1, 0.15) is 0 Å². The number of carbonyl (C=O) groups is 1. The largest absolute Gasteiger partial charge is 0.358 e. The summed E-state index contributed by atoms with van der Waals surface area (Å²) >= 11 is 0. The van der Waals surface area contributed by atoms with Crippen molar-refractivity contribution in [1.82, 2.24) is 15.5 Å². The van der Waals surface area contributed by atoms with Crippen LogP contribution in [-0.4, -0.2) is 50.1 Å². The molecule has 0 radical (unpaired) electrons. The molecule has 2 atom stereocenters. The Bertz CT molecular complexity index is 214. The highest BCUT2D eigenvalue weighted by atomic mass is 16.2. The van der Waals surface area contributed by atoms with Crippen LogP contribution >= 0.6 is 0 Å². The third-order valence-corrected chi connectivity index (χ3v) is 3.18. The van der Waals surface area contributed by atoms with Crippen LogP contribution in [0.2, 0.25) is 0 Å². The molecule has 4 heteroatoms. The number of likely N-dealkylation sites (N-methyl/N-ethyl adjacent to an activating group) is 1. The molecule has 0 aromatic heterocycles. The molecule has 1 heterocycles. The Labute approximate surface area is 98.8 Å². The van der Waals surface area contributed by atoms with Crippen LogP contribution in [0.25, 0.3) is 0 Å². The predicted molar refractivity (Wildman–Crippen MR) is 66.4 cm³/mol. The summed E-state index contributed by atoms with van der Waals surface area (Å²) in [6.45, 7) is 8.69. The highest BCUT2D eigenvalue weighted by Gasteiger charge is 2.16. The van der Waals surface area contributed by atoms with Gasteiger partial charge in [-0.05, 0) is 45.3 Å². The van der Waals surface area contributed by atoms with E-state index in [1.54, 1.807) is 7.05 Å². The van der Waals surface area contributed by atoms with E-state index in [0.29, 0.717) is 5.92 Å². The molecule has 0 saturated carbocycles. The number of nitrogens with one attached hydrogen (secondary N) is 2. The van der Waals surface area contributed by atoms with Crippen molar-refractivity contribution in [3.05, 3.63) is 0 Å². The molecular formula is C12H25N3O. The maximum Gasteiger partial charge on any atom is 0.236 e. The normalized spacial score (nSPS) is 20.7. The Balaban J connectivity index is 2.13. The number of amides is 1. The van der Waals surface area contributed by atoms with Crippen molar-refractivity contribution in [3.63, 3.8) is 0 Å². The summed E-state index contributed by atoms with van der Waals surface area (Å²) in [5.74, 6) is 0.665. The topological polar surface area (TPSA) is 44.4 Å².